The lowest BCUT2D eigenvalue weighted by molar-refractivity contribution is -0.133. The lowest BCUT2D eigenvalue weighted by Gasteiger charge is -2.37. The molecule has 1 atom stereocenters. The van der Waals surface area contributed by atoms with Gasteiger partial charge >= 0.3 is 0 Å². The van der Waals surface area contributed by atoms with Crippen LogP contribution in [-0.2, 0) is 26.7 Å². The van der Waals surface area contributed by atoms with Gasteiger partial charge < -0.3 is 4.90 Å². The fraction of sp³-hybridized carbons (Fsp3) is 0.393. The molecule has 0 saturated carbocycles. The molecule has 1 unspecified atom stereocenters. The molecule has 0 radical (unpaired) electrons. The quantitative estimate of drug-likeness (QED) is 0.392. The van der Waals surface area contributed by atoms with Crippen molar-refractivity contribution in [3.8, 4) is 0 Å². The second-order valence-corrected chi connectivity index (χ2v) is 13.1. The standard InChI is InChI=1S/C28H33FN2O3S2/c1-5-16-30(36(33,34)23-12-8-21(9-13-23)28(2,3)4)19-26(32)31-17-14-25-24(15-18-35-25)27(31)20-6-10-22(29)11-7-20/h6-13,15,18,27H,5,14,16-17,19H2,1-4H3. The number of carbonyl (C=O) groups is 1. The number of amides is 1. The molecule has 1 aliphatic rings. The van der Waals surface area contributed by atoms with E-state index >= 15 is 0 Å². The van der Waals surface area contributed by atoms with E-state index in [1.54, 1.807) is 40.5 Å². The second kappa shape index (κ2) is 10.4. The molecule has 0 bridgehead atoms. The minimum absolute atomic E-state index is 0.0918. The molecule has 0 N–H and O–H groups in total. The summed E-state index contributed by atoms with van der Waals surface area (Å²) in [6.07, 6.45) is 1.30. The monoisotopic (exact) mass is 528 g/mol. The molecule has 2 aromatic carbocycles. The van der Waals surface area contributed by atoms with Crippen LogP contribution in [0, 0.1) is 5.82 Å². The van der Waals surface area contributed by atoms with E-state index in [0.717, 1.165) is 16.7 Å². The summed E-state index contributed by atoms with van der Waals surface area (Å²) >= 11 is 1.65. The minimum Gasteiger partial charge on any atom is -0.330 e. The Balaban J connectivity index is 1.62. The molecule has 0 aliphatic carbocycles. The smallest absolute Gasteiger partial charge is 0.243 e. The molecule has 1 aliphatic heterocycles. The summed E-state index contributed by atoms with van der Waals surface area (Å²) in [6.45, 7) is 8.61. The molecular formula is C28H33FN2O3S2. The number of carbonyl (C=O) groups excluding carboxylic acids is 1. The Hall–Kier alpha value is -2.55. The van der Waals surface area contributed by atoms with Crippen molar-refractivity contribution in [2.75, 3.05) is 19.6 Å². The van der Waals surface area contributed by atoms with Gasteiger partial charge in [-0.05, 0) is 70.7 Å². The highest BCUT2D eigenvalue weighted by Gasteiger charge is 2.35. The molecule has 0 spiro atoms. The molecule has 0 saturated heterocycles. The molecule has 4 rings (SSSR count). The van der Waals surface area contributed by atoms with E-state index in [1.165, 1.54) is 21.3 Å². The molecule has 1 amide bonds. The number of benzene rings is 2. The van der Waals surface area contributed by atoms with Gasteiger partial charge in [-0.1, -0.05) is 52.0 Å². The molecule has 2 heterocycles. The molecule has 0 fully saturated rings. The fourth-order valence-electron chi connectivity index (χ4n) is 4.64. The third-order valence-electron chi connectivity index (χ3n) is 6.61. The SMILES string of the molecule is CCCN(CC(=O)N1CCc2sccc2C1c1ccc(F)cc1)S(=O)(=O)c1ccc(C(C)(C)C)cc1. The first-order valence-corrected chi connectivity index (χ1v) is 14.6. The van der Waals surface area contributed by atoms with E-state index in [4.69, 9.17) is 0 Å². The predicted molar refractivity (Wildman–Crippen MR) is 142 cm³/mol. The van der Waals surface area contributed by atoms with Crippen LogP contribution >= 0.6 is 11.3 Å². The molecule has 5 nitrogen and oxygen atoms in total. The maximum atomic E-state index is 13.7. The van der Waals surface area contributed by atoms with Crippen molar-refractivity contribution in [2.24, 2.45) is 0 Å². The summed E-state index contributed by atoms with van der Waals surface area (Å²) in [4.78, 5) is 16.8. The molecule has 192 valence electrons. The van der Waals surface area contributed by atoms with Crippen LogP contribution in [-0.4, -0.2) is 43.2 Å². The van der Waals surface area contributed by atoms with Crippen LogP contribution in [0.5, 0.6) is 0 Å². The fourth-order valence-corrected chi connectivity index (χ4v) is 7.03. The third kappa shape index (κ3) is 5.41. The zero-order chi connectivity index (χ0) is 26.1. The topological polar surface area (TPSA) is 57.7 Å². The highest BCUT2D eigenvalue weighted by molar-refractivity contribution is 7.89. The van der Waals surface area contributed by atoms with E-state index in [0.29, 0.717) is 19.4 Å². The first-order chi connectivity index (χ1) is 17.0. The average Bonchev–Trinajstić information content (AvgIpc) is 3.32. The highest BCUT2D eigenvalue weighted by Crippen LogP contribution is 2.38. The first kappa shape index (κ1) is 26.5. The minimum atomic E-state index is -3.86. The zero-order valence-electron chi connectivity index (χ0n) is 21.2. The molecule has 36 heavy (non-hydrogen) atoms. The number of fused-ring (bicyclic) bond motifs is 1. The van der Waals surface area contributed by atoms with Gasteiger partial charge in [0.25, 0.3) is 0 Å². The number of hydrogen-bond donors (Lipinski definition) is 0. The van der Waals surface area contributed by atoms with Crippen LogP contribution in [0.1, 0.15) is 61.7 Å². The Morgan fingerprint density at radius 3 is 2.36 bits per heavy atom. The molecule has 1 aromatic heterocycles. The van der Waals surface area contributed by atoms with Gasteiger partial charge in [0.2, 0.25) is 15.9 Å². The largest absolute Gasteiger partial charge is 0.330 e. The van der Waals surface area contributed by atoms with Gasteiger partial charge in [-0.3, -0.25) is 4.79 Å². The van der Waals surface area contributed by atoms with E-state index in [1.807, 2.05) is 30.5 Å². The van der Waals surface area contributed by atoms with Crippen LogP contribution in [0.2, 0.25) is 0 Å². The van der Waals surface area contributed by atoms with Crippen LogP contribution in [0.4, 0.5) is 4.39 Å². The summed E-state index contributed by atoms with van der Waals surface area (Å²) < 4.78 is 42.0. The van der Waals surface area contributed by atoms with Crippen LogP contribution < -0.4 is 0 Å². The summed E-state index contributed by atoms with van der Waals surface area (Å²) in [7, 11) is -3.86. The van der Waals surface area contributed by atoms with E-state index in [9.17, 15) is 17.6 Å². The van der Waals surface area contributed by atoms with Crippen molar-refractivity contribution in [1.82, 2.24) is 9.21 Å². The van der Waals surface area contributed by atoms with E-state index < -0.39 is 10.0 Å². The maximum Gasteiger partial charge on any atom is 0.243 e. The highest BCUT2D eigenvalue weighted by atomic mass is 32.2. The van der Waals surface area contributed by atoms with Gasteiger partial charge in [0, 0.05) is 18.0 Å². The number of halogens is 1. The third-order valence-corrected chi connectivity index (χ3v) is 9.47. The van der Waals surface area contributed by atoms with Crippen molar-refractivity contribution in [3.05, 3.63) is 87.4 Å². The van der Waals surface area contributed by atoms with Crippen molar-refractivity contribution in [3.63, 3.8) is 0 Å². The van der Waals surface area contributed by atoms with Crippen LogP contribution in [0.3, 0.4) is 0 Å². The maximum absolute atomic E-state index is 13.7. The van der Waals surface area contributed by atoms with Crippen LogP contribution in [0.15, 0.2) is 64.9 Å². The van der Waals surface area contributed by atoms with Gasteiger partial charge in [0.05, 0.1) is 17.5 Å². The Kier molecular flexibility index (Phi) is 7.69. The summed E-state index contributed by atoms with van der Waals surface area (Å²) in [5.74, 6) is -0.597. The van der Waals surface area contributed by atoms with Crippen molar-refractivity contribution < 1.29 is 17.6 Å². The summed E-state index contributed by atoms with van der Waals surface area (Å²) in [5.41, 5.74) is 2.79. The number of hydrogen-bond acceptors (Lipinski definition) is 4. The molecular weight excluding hydrogens is 495 g/mol. The van der Waals surface area contributed by atoms with Gasteiger partial charge in [0.1, 0.15) is 5.82 Å². The Bertz CT molecular complexity index is 1310. The normalized spacial score (nSPS) is 16.3. The predicted octanol–water partition coefficient (Wildman–Crippen LogP) is 5.76. The Morgan fingerprint density at radius 2 is 1.75 bits per heavy atom. The van der Waals surface area contributed by atoms with Crippen molar-refractivity contribution in [2.45, 2.75) is 56.9 Å². The zero-order valence-corrected chi connectivity index (χ0v) is 22.8. The number of thiophene rings is 1. The lowest BCUT2D eigenvalue weighted by atomic mass is 9.87. The molecule has 3 aromatic rings. The lowest BCUT2D eigenvalue weighted by Crippen LogP contribution is -2.46. The van der Waals surface area contributed by atoms with Gasteiger partial charge in [-0.25, -0.2) is 12.8 Å². The van der Waals surface area contributed by atoms with Gasteiger partial charge in [0.15, 0.2) is 0 Å². The number of sulfonamides is 1. The van der Waals surface area contributed by atoms with Crippen molar-refractivity contribution >= 4 is 27.3 Å². The number of nitrogens with zero attached hydrogens (tertiary/aromatic N) is 2. The van der Waals surface area contributed by atoms with E-state index in [-0.39, 0.29) is 41.2 Å². The van der Waals surface area contributed by atoms with Gasteiger partial charge in [-0.15, -0.1) is 11.3 Å². The summed E-state index contributed by atoms with van der Waals surface area (Å²) in [5, 5.41) is 2.00. The van der Waals surface area contributed by atoms with Crippen molar-refractivity contribution in [1.29, 1.82) is 0 Å². The Morgan fingerprint density at radius 1 is 1.08 bits per heavy atom. The first-order valence-electron chi connectivity index (χ1n) is 12.2. The Labute approximate surface area is 217 Å². The van der Waals surface area contributed by atoms with Crippen LogP contribution in [0.25, 0.3) is 0 Å². The average molecular weight is 529 g/mol. The number of rotatable bonds is 7. The molecule has 8 heteroatoms. The van der Waals surface area contributed by atoms with Gasteiger partial charge in [-0.2, -0.15) is 4.31 Å². The second-order valence-electron chi connectivity index (χ2n) is 10.2. The van der Waals surface area contributed by atoms with E-state index in [2.05, 4.69) is 20.8 Å². The summed E-state index contributed by atoms with van der Waals surface area (Å²) in [6, 6.07) is 14.8.